The van der Waals surface area contributed by atoms with Crippen molar-refractivity contribution in [2.24, 2.45) is 0 Å². The monoisotopic (exact) mass is 134 g/mol. The standard InChI is InChI=1S/C8H6O2/c1-9-7-5-3-4-6-8-10-2/h1-2H3. The number of ether oxygens (including phenoxy) is 2. The molecule has 0 aliphatic rings. The first-order valence-electron chi connectivity index (χ1n) is 2.47. The number of methoxy groups -OCH3 is 2. The molecule has 0 aromatic rings. The molecule has 0 radical (unpaired) electrons. The molecule has 0 rings (SSSR count). The summed E-state index contributed by atoms with van der Waals surface area (Å²) < 4.78 is 8.81. The van der Waals surface area contributed by atoms with E-state index in [9.17, 15) is 0 Å². The second-order valence-corrected chi connectivity index (χ2v) is 1.11. The molecule has 0 aliphatic heterocycles. The van der Waals surface area contributed by atoms with Crippen molar-refractivity contribution in [3.8, 4) is 35.9 Å². The highest BCUT2D eigenvalue weighted by atomic mass is 16.5. The molecule has 2 nitrogen and oxygen atoms in total. The van der Waals surface area contributed by atoms with Crippen LogP contribution in [0, 0.1) is 35.9 Å². The van der Waals surface area contributed by atoms with Crippen LogP contribution in [-0.4, -0.2) is 14.2 Å². The lowest BCUT2D eigenvalue weighted by Gasteiger charge is -1.70. The Hall–Kier alpha value is -1.72. The van der Waals surface area contributed by atoms with Crippen LogP contribution in [0.15, 0.2) is 0 Å². The zero-order valence-electron chi connectivity index (χ0n) is 5.82. The molecule has 0 aromatic carbocycles. The van der Waals surface area contributed by atoms with E-state index in [4.69, 9.17) is 0 Å². The summed E-state index contributed by atoms with van der Waals surface area (Å²) in [5.41, 5.74) is 0. The third-order valence-corrected chi connectivity index (χ3v) is 0.494. The van der Waals surface area contributed by atoms with Gasteiger partial charge in [-0.25, -0.2) is 0 Å². The molecule has 0 saturated carbocycles. The predicted octanol–water partition coefficient (Wildman–Crippen LogP) is 0.204. The van der Waals surface area contributed by atoms with E-state index in [2.05, 4.69) is 45.4 Å². The fourth-order valence-electron chi connectivity index (χ4n) is 0.216. The van der Waals surface area contributed by atoms with Crippen LogP contribution >= 0.6 is 0 Å². The summed E-state index contributed by atoms with van der Waals surface area (Å²) in [5.74, 6) is 9.67. The lowest BCUT2D eigenvalue weighted by Crippen LogP contribution is -1.63. The Bertz CT molecular complexity index is 220. The molecular formula is C8H6O2. The Balaban J connectivity index is 3.70. The quantitative estimate of drug-likeness (QED) is 0.441. The van der Waals surface area contributed by atoms with Gasteiger partial charge in [-0.3, -0.25) is 0 Å². The van der Waals surface area contributed by atoms with Gasteiger partial charge in [0.15, 0.2) is 0 Å². The van der Waals surface area contributed by atoms with Crippen molar-refractivity contribution in [1.82, 2.24) is 0 Å². The Labute approximate surface area is 60.5 Å². The van der Waals surface area contributed by atoms with E-state index in [0.717, 1.165) is 0 Å². The van der Waals surface area contributed by atoms with Gasteiger partial charge in [0.2, 0.25) is 0 Å². The van der Waals surface area contributed by atoms with Gasteiger partial charge in [-0.05, 0) is 0 Å². The molecule has 0 spiro atoms. The average molecular weight is 134 g/mol. The lowest BCUT2D eigenvalue weighted by atomic mass is 10.6. The van der Waals surface area contributed by atoms with Crippen LogP contribution in [0.5, 0.6) is 0 Å². The van der Waals surface area contributed by atoms with Crippen molar-refractivity contribution >= 4 is 0 Å². The second-order valence-electron chi connectivity index (χ2n) is 1.11. The minimum atomic E-state index is 1.47. The van der Waals surface area contributed by atoms with Crippen molar-refractivity contribution < 1.29 is 9.47 Å². The molecule has 0 bridgehead atoms. The third-order valence-electron chi connectivity index (χ3n) is 0.494. The normalized spacial score (nSPS) is 4.60. The molecule has 0 aliphatic carbocycles. The van der Waals surface area contributed by atoms with Gasteiger partial charge in [0.1, 0.15) is 12.2 Å². The van der Waals surface area contributed by atoms with Crippen LogP contribution in [0.1, 0.15) is 0 Å². The molecule has 0 N–H and O–H groups in total. The predicted molar refractivity (Wildman–Crippen MR) is 37.3 cm³/mol. The summed E-state index contributed by atoms with van der Waals surface area (Å²) in [7, 11) is 2.94. The van der Waals surface area contributed by atoms with E-state index in [0.29, 0.717) is 0 Å². The first kappa shape index (κ1) is 8.28. The SMILES string of the molecule is COC#CC#CC#COC. The Kier molecular flexibility index (Phi) is 6.03. The number of hydrogen-bond acceptors (Lipinski definition) is 2. The van der Waals surface area contributed by atoms with Crippen LogP contribution in [-0.2, 0) is 9.47 Å². The average Bonchev–Trinajstić information content (AvgIpc) is 1.97. The van der Waals surface area contributed by atoms with Gasteiger partial charge in [0.25, 0.3) is 0 Å². The fourth-order valence-corrected chi connectivity index (χ4v) is 0.216. The van der Waals surface area contributed by atoms with E-state index in [1.807, 2.05) is 0 Å². The Morgan fingerprint density at radius 1 is 0.700 bits per heavy atom. The summed E-state index contributed by atoms with van der Waals surface area (Å²) in [4.78, 5) is 0. The summed E-state index contributed by atoms with van der Waals surface area (Å²) >= 11 is 0. The molecule has 50 valence electrons. The van der Waals surface area contributed by atoms with E-state index < -0.39 is 0 Å². The summed E-state index contributed by atoms with van der Waals surface area (Å²) in [6.07, 6.45) is 4.59. The first-order chi connectivity index (χ1) is 4.91. The van der Waals surface area contributed by atoms with E-state index in [1.54, 1.807) is 0 Å². The Morgan fingerprint density at radius 2 is 1.10 bits per heavy atom. The van der Waals surface area contributed by atoms with E-state index in [-0.39, 0.29) is 0 Å². The zero-order valence-corrected chi connectivity index (χ0v) is 5.82. The molecule has 0 unspecified atom stereocenters. The smallest absolute Gasteiger partial charge is 0.124 e. The number of hydrogen-bond donors (Lipinski definition) is 0. The molecule has 2 heteroatoms. The highest BCUT2D eigenvalue weighted by Crippen LogP contribution is 1.57. The molecule has 0 heterocycles. The van der Waals surface area contributed by atoms with Crippen molar-refractivity contribution in [3.63, 3.8) is 0 Å². The van der Waals surface area contributed by atoms with Crippen LogP contribution in [0.25, 0.3) is 0 Å². The van der Waals surface area contributed by atoms with Gasteiger partial charge in [-0.2, -0.15) is 0 Å². The van der Waals surface area contributed by atoms with Crippen molar-refractivity contribution in [2.45, 2.75) is 0 Å². The molecule has 0 amide bonds. The maximum atomic E-state index is 4.41. The molecule has 0 aromatic heterocycles. The van der Waals surface area contributed by atoms with Crippen LogP contribution in [0.4, 0.5) is 0 Å². The number of rotatable bonds is 0. The largest absolute Gasteiger partial charge is 0.449 e. The second kappa shape index (κ2) is 7.28. The van der Waals surface area contributed by atoms with Gasteiger partial charge in [-0.1, -0.05) is 0 Å². The van der Waals surface area contributed by atoms with Gasteiger partial charge < -0.3 is 9.47 Å². The lowest BCUT2D eigenvalue weighted by molar-refractivity contribution is 0.372. The van der Waals surface area contributed by atoms with E-state index in [1.165, 1.54) is 14.2 Å². The Morgan fingerprint density at radius 3 is 1.40 bits per heavy atom. The maximum absolute atomic E-state index is 4.41. The van der Waals surface area contributed by atoms with Gasteiger partial charge in [-0.15, -0.1) is 0 Å². The minimum absolute atomic E-state index is 1.47. The topological polar surface area (TPSA) is 18.5 Å². The van der Waals surface area contributed by atoms with Crippen LogP contribution in [0.2, 0.25) is 0 Å². The summed E-state index contributed by atoms with van der Waals surface area (Å²) in [5, 5.41) is 0. The maximum Gasteiger partial charge on any atom is 0.124 e. The molecule has 0 fully saturated rings. The fraction of sp³-hybridized carbons (Fsp3) is 0.250. The highest BCUT2D eigenvalue weighted by Gasteiger charge is 1.56. The van der Waals surface area contributed by atoms with Crippen molar-refractivity contribution in [3.05, 3.63) is 0 Å². The van der Waals surface area contributed by atoms with Crippen molar-refractivity contribution in [1.29, 1.82) is 0 Å². The van der Waals surface area contributed by atoms with Crippen molar-refractivity contribution in [2.75, 3.05) is 14.2 Å². The summed E-state index contributed by atoms with van der Waals surface area (Å²) in [6.45, 7) is 0. The van der Waals surface area contributed by atoms with E-state index >= 15 is 0 Å². The third kappa shape index (κ3) is 6.28. The molecule has 0 atom stereocenters. The highest BCUT2D eigenvalue weighted by molar-refractivity contribution is 5.33. The zero-order chi connectivity index (χ0) is 7.66. The molecule has 0 saturated heterocycles. The molecule has 10 heavy (non-hydrogen) atoms. The van der Waals surface area contributed by atoms with Crippen LogP contribution in [0.3, 0.4) is 0 Å². The summed E-state index contributed by atoms with van der Waals surface area (Å²) in [6, 6.07) is 0. The van der Waals surface area contributed by atoms with Gasteiger partial charge >= 0.3 is 0 Å². The first-order valence-corrected chi connectivity index (χ1v) is 2.47. The molecular weight excluding hydrogens is 128 g/mol. The van der Waals surface area contributed by atoms with Gasteiger partial charge in [0, 0.05) is 23.7 Å². The minimum Gasteiger partial charge on any atom is -0.449 e. The van der Waals surface area contributed by atoms with Crippen LogP contribution < -0.4 is 0 Å². The van der Waals surface area contributed by atoms with Gasteiger partial charge in [0.05, 0.1) is 14.2 Å².